The summed E-state index contributed by atoms with van der Waals surface area (Å²) in [6.07, 6.45) is 2.18. The van der Waals surface area contributed by atoms with Gasteiger partial charge in [-0.2, -0.15) is 0 Å². The van der Waals surface area contributed by atoms with E-state index in [4.69, 9.17) is 0 Å². The van der Waals surface area contributed by atoms with Gasteiger partial charge in [0.15, 0.2) is 0 Å². The average Bonchev–Trinajstić information content (AvgIpc) is 2.64. The van der Waals surface area contributed by atoms with Gasteiger partial charge in [-0.1, -0.05) is 32.0 Å². The number of nitrogens with zero attached hydrogens (tertiary/aromatic N) is 1. The average molecular weight is 388 g/mol. The summed E-state index contributed by atoms with van der Waals surface area (Å²) in [5, 5.41) is 3.53. The number of sulfonamides is 1. The molecular weight excluding hydrogens is 358 g/mol. The summed E-state index contributed by atoms with van der Waals surface area (Å²) in [5.41, 5.74) is 2.64. The molecule has 146 valence electrons. The number of hydrogen-bond acceptors (Lipinski definition) is 4. The molecule has 1 fully saturated rings. The second kappa shape index (κ2) is 8.31. The summed E-state index contributed by atoms with van der Waals surface area (Å²) in [6.45, 7) is 6.34. The molecule has 5 nitrogen and oxygen atoms in total. The Labute approximate surface area is 162 Å². The number of hydrogen-bond donors (Lipinski definition) is 2. The molecule has 0 amide bonds. The number of likely N-dealkylation sites (tertiary alicyclic amines) is 1. The maximum atomic E-state index is 12.7. The number of rotatable bonds is 6. The van der Waals surface area contributed by atoms with E-state index in [1.165, 1.54) is 0 Å². The Morgan fingerprint density at radius 3 is 2.26 bits per heavy atom. The van der Waals surface area contributed by atoms with Gasteiger partial charge in [-0.3, -0.25) is 4.72 Å². The Kier molecular flexibility index (Phi) is 6.07. The maximum Gasteiger partial charge on any atom is 0.261 e. The minimum atomic E-state index is -3.60. The quantitative estimate of drug-likeness (QED) is 0.783. The molecule has 0 radical (unpaired) electrons. The van der Waals surface area contributed by atoms with Gasteiger partial charge in [-0.15, -0.1) is 0 Å². The Bertz CT molecular complexity index is 855. The highest BCUT2D eigenvalue weighted by molar-refractivity contribution is 7.92. The van der Waals surface area contributed by atoms with E-state index in [-0.39, 0.29) is 4.90 Å². The van der Waals surface area contributed by atoms with E-state index < -0.39 is 10.0 Å². The van der Waals surface area contributed by atoms with Crippen LogP contribution in [0.3, 0.4) is 0 Å². The lowest BCUT2D eigenvalue weighted by atomic mass is 10.0. The first kappa shape index (κ1) is 19.7. The van der Waals surface area contributed by atoms with Crippen molar-refractivity contribution in [1.29, 1.82) is 0 Å². The van der Waals surface area contributed by atoms with Gasteiger partial charge in [-0.05, 0) is 74.8 Å². The summed E-state index contributed by atoms with van der Waals surface area (Å²) < 4.78 is 28.1. The second-order valence-corrected chi connectivity index (χ2v) is 9.31. The van der Waals surface area contributed by atoms with Crippen LogP contribution in [0.1, 0.15) is 38.2 Å². The first-order valence-electron chi connectivity index (χ1n) is 9.51. The third-order valence-electron chi connectivity index (χ3n) is 5.06. The Morgan fingerprint density at radius 2 is 1.63 bits per heavy atom. The third-order valence-corrected chi connectivity index (χ3v) is 6.46. The molecule has 27 heavy (non-hydrogen) atoms. The summed E-state index contributed by atoms with van der Waals surface area (Å²) in [4.78, 5) is 2.60. The molecule has 0 unspecified atom stereocenters. The minimum absolute atomic E-state index is 0.278. The Balaban J connectivity index is 1.69. The summed E-state index contributed by atoms with van der Waals surface area (Å²) in [7, 11) is -1.46. The molecule has 3 rings (SSSR count). The first-order valence-corrected chi connectivity index (χ1v) is 11.0. The molecule has 1 heterocycles. The van der Waals surface area contributed by atoms with Gasteiger partial charge in [0.1, 0.15) is 0 Å². The molecule has 0 aliphatic carbocycles. The molecule has 1 aliphatic heterocycles. The molecular formula is C21H29N3O2S. The van der Waals surface area contributed by atoms with Crippen molar-refractivity contribution in [2.45, 2.75) is 43.5 Å². The van der Waals surface area contributed by atoms with Crippen molar-refractivity contribution in [3.8, 4) is 0 Å². The summed E-state index contributed by atoms with van der Waals surface area (Å²) in [5.74, 6) is 0.372. The van der Waals surface area contributed by atoms with E-state index in [1.807, 2.05) is 30.3 Å². The van der Waals surface area contributed by atoms with Gasteiger partial charge in [0.2, 0.25) is 0 Å². The lowest BCUT2D eigenvalue weighted by Gasteiger charge is -2.30. The van der Waals surface area contributed by atoms with Crippen LogP contribution in [-0.4, -0.2) is 39.5 Å². The van der Waals surface area contributed by atoms with Gasteiger partial charge in [0, 0.05) is 11.7 Å². The van der Waals surface area contributed by atoms with Crippen LogP contribution < -0.4 is 10.0 Å². The minimum Gasteiger partial charge on any atom is -0.382 e. The molecule has 0 atom stereocenters. The van der Waals surface area contributed by atoms with E-state index in [9.17, 15) is 8.42 Å². The largest absolute Gasteiger partial charge is 0.382 e. The van der Waals surface area contributed by atoms with Crippen molar-refractivity contribution < 1.29 is 8.42 Å². The Hall–Kier alpha value is -2.05. The van der Waals surface area contributed by atoms with Gasteiger partial charge in [-0.25, -0.2) is 8.42 Å². The van der Waals surface area contributed by atoms with Crippen molar-refractivity contribution in [2.75, 3.05) is 30.2 Å². The zero-order valence-corrected chi connectivity index (χ0v) is 17.1. The first-order chi connectivity index (χ1) is 12.8. The summed E-state index contributed by atoms with van der Waals surface area (Å²) >= 11 is 0. The normalized spacial score (nSPS) is 16.4. The topological polar surface area (TPSA) is 61.4 Å². The van der Waals surface area contributed by atoms with E-state index in [2.05, 4.69) is 35.8 Å². The zero-order chi connectivity index (χ0) is 19.4. The van der Waals surface area contributed by atoms with Crippen LogP contribution in [0.5, 0.6) is 0 Å². The molecule has 0 saturated carbocycles. The monoisotopic (exact) mass is 387 g/mol. The predicted octanol–water partition coefficient (Wildman–Crippen LogP) is 4.12. The molecule has 2 aromatic carbocycles. The molecule has 1 saturated heterocycles. The highest BCUT2D eigenvalue weighted by Gasteiger charge is 2.17. The van der Waals surface area contributed by atoms with Gasteiger partial charge in [0.05, 0.1) is 10.6 Å². The van der Waals surface area contributed by atoms with Crippen molar-refractivity contribution >= 4 is 21.4 Å². The smallest absolute Gasteiger partial charge is 0.261 e. The lowest BCUT2D eigenvalue weighted by molar-refractivity contribution is 0.264. The van der Waals surface area contributed by atoms with Crippen LogP contribution >= 0.6 is 0 Å². The number of anilines is 2. The third kappa shape index (κ3) is 5.23. The van der Waals surface area contributed by atoms with E-state index in [1.54, 1.807) is 18.2 Å². The number of nitrogens with one attached hydrogen (secondary N) is 2. The SMILES string of the molecule is CC(C)c1ccc(S(=O)(=O)Nc2cccc(NC3CCN(C)CC3)c2)cc1. The van der Waals surface area contributed by atoms with Crippen LogP contribution in [0, 0.1) is 0 Å². The van der Waals surface area contributed by atoms with Gasteiger partial charge < -0.3 is 10.2 Å². The fourth-order valence-corrected chi connectivity index (χ4v) is 4.36. The molecule has 6 heteroatoms. The van der Waals surface area contributed by atoms with Crippen molar-refractivity contribution in [2.24, 2.45) is 0 Å². The number of piperidine rings is 1. The predicted molar refractivity (Wildman–Crippen MR) is 112 cm³/mol. The summed E-state index contributed by atoms with van der Waals surface area (Å²) in [6, 6.07) is 15.0. The van der Waals surface area contributed by atoms with Crippen molar-refractivity contribution in [3.63, 3.8) is 0 Å². The molecule has 0 aromatic heterocycles. The maximum absolute atomic E-state index is 12.7. The molecule has 2 aromatic rings. The molecule has 0 spiro atoms. The van der Waals surface area contributed by atoms with Gasteiger partial charge >= 0.3 is 0 Å². The van der Waals surface area contributed by atoms with Crippen LogP contribution in [0.15, 0.2) is 53.4 Å². The standard InChI is InChI=1S/C21H29N3O2S/c1-16(2)17-7-9-21(10-8-17)27(25,26)23-20-6-4-5-19(15-20)22-18-11-13-24(3)14-12-18/h4-10,15-16,18,22-23H,11-14H2,1-3H3. The second-order valence-electron chi connectivity index (χ2n) is 7.63. The van der Waals surface area contributed by atoms with E-state index >= 15 is 0 Å². The van der Waals surface area contributed by atoms with Crippen LogP contribution in [0.2, 0.25) is 0 Å². The van der Waals surface area contributed by atoms with Crippen LogP contribution in [-0.2, 0) is 10.0 Å². The van der Waals surface area contributed by atoms with E-state index in [0.29, 0.717) is 17.6 Å². The van der Waals surface area contributed by atoms with Crippen LogP contribution in [0.25, 0.3) is 0 Å². The fraction of sp³-hybridized carbons (Fsp3) is 0.429. The number of benzene rings is 2. The fourth-order valence-electron chi connectivity index (χ4n) is 3.31. The molecule has 0 bridgehead atoms. The Morgan fingerprint density at radius 1 is 1.00 bits per heavy atom. The molecule has 1 aliphatic rings. The zero-order valence-electron chi connectivity index (χ0n) is 16.3. The van der Waals surface area contributed by atoms with Crippen LogP contribution in [0.4, 0.5) is 11.4 Å². The van der Waals surface area contributed by atoms with Crippen molar-refractivity contribution in [3.05, 3.63) is 54.1 Å². The highest BCUT2D eigenvalue weighted by Crippen LogP contribution is 2.23. The van der Waals surface area contributed by atoms with E-state index in [0.717, 1.165) is 37.2 Å². The van der Waals surface area contributed by atoms with Gasteiger partial charge in [0.25, 0.3) is 10.0 Å². The molecule has 2 N–H and O–H groups in total. The van der Waals surface area contributed by atoms with Crippen molar-refractivity contribution in [1.82, 2.24) is 4.90 Å². The highest BCUT2D eigenvalue weighted by atomic mass is 32.2. The lowest BCUT2D eigenvalue weighted by Crippen LogP contribution is -2.36.